The molecule has 0 radical (unpaired) electrons. The number of ether oxygens (including phenoxy) is 1. The number of pyridine rings is 1. The highest BCUT2D eigenvalue weighted by Crippen LogP contribution is 2.32. The molecule has 0 saturated carbocycles. The molecule has 0 aliphatic carbocycles. The van der Waals surface area contributed by atoms with Gasteiger partial charge in [-0.25, -0.2) is 0 Å². The van der Waals surface area contributed by atoms with Crippen molar-refractivity contribution >= 4 is 5.82 Å². The molecule has 0 unspecified atom stereocenters. The molecule has 0 amide bonds. The Kier molecular flexibility index (Phi) is 5.85. The Morgan fingerprint density at radius 3 is 2.65 bits per heavy atom. The second kappa shape index (κ2) is 7.17. The van der Waals surface area contributed by atoms with Crippen LogP contribution in [0.5, 0.6) is 5.88 Å². The van der Waals surface area contributed by atoms with Gasteiger partial charge in [-0.1, -0.05) is 12.5 Å². The standard InChI is InChI=1S/C14H19F3N2O/c1-4-6-18-12-8-11(14(15,16)17)9-13(19-12)20-7-5-10(2)3/h8-9H,2,4-7H2,1,3H3,(H,18,19). The van der Waals surface area contributed by atoms with Gasteiger partial charge in [-0.2, -0.15) is 18.2 Å². The smallest absolute Gasteiger partial charge is 0.416 e. The summed E-state index contributed by atoms with van der Waals surface area (Å²) in [4.78, 5) is 4.02. The van der Waals surface area contributed by atoms with Crippen molar-refractivity contribution in [1.82, 2.24) is 4.98 Å². The van der Waals surface area contributed by atoms with E-state index in [-0.39, 0.29) is 18.3 Å². The van der Waals surface area contributed by atoms with E-state index in [1.54, 1.807) is 0 Å². The van der Waals surface area contributed by atoms with Gasteiger partial charge in [-0.05, 0) is 19.4 Å². The van der Waals surface area contributed by atoms with Gasteiger partial charge < -0.3 is 10.1 Å². The first-order chi connectivity index (χ1) is 9.32. The van der Waals surface area contributed by atoms with Crippen molar-refractivity contribution in [3.63, 3.8) is 0 Å². The highest BCUT2D eigenvalue weighted by Gasteiger charge is 2.32. The highest BCUT2D eigenvalue weighted by molar-refractivity contribution is 5.42. The third-order valence-electron chi connectivity index (χ3n) is 2.46. The van der Waals surface area contributed by atoms with Crippen LogP contribution < -0.4 is 10.1 Å². The zero-order chi connectivity index (χ0) is 15.2. The minimum absolute atomic E-state index is 0.0281. The van der Waals surface area contributed by atoms with E-state index >= 15 is 0 Å². The highest BCUT2D eigenvalue weighted by atomic mass is 19.4. The largest absolute Gasteiger partial charge is 0.477 e. The molecule has 0 aliphatic rings. The third kappa shape index (κ3) is 5.50. The first-order valence-corrected chi connectivity index (χ1v) is 6.43. The fraction of sp³-hybridized carbons (Fsp3) is 0.500. The molecular weight excluding hydrogens is 269 g/mol. The molecule has 3 nitrogen and oxygen atoms in total. The van der Waals surface area contributed by atoms with E-state index in [4.69, 9.17) is 4.74 Å². The molecule has 0 aliphatic heterocycles. The van der Waals surface area contributed by atoms with Crippen LogP contribution in [0.3, 0.4) is 0 Å². The summed E-state index contributed by atoms with van der Waals surface area (Å²) in [5.74, 6) is 0.145. The molecule has 20 heavy (non-hydrogen) atoms. The number of rotatable bonds is 7. The topological polar surface area (TPSA) is 34.1 Å². The SMILES string of the molecule is C=C(C)CCOc1cc(C(F)(F)F)cc(NCCC)n1. The predicted molar refractivity (Wildman–Crippen MR) is 72.9 cm³/mol. The van der Waals surface area contributed by atoms with E-state index in [1.165, 1.54) is 0 Å². The van der Waals surface area contributed by atoms with Gasteiger partial charge in [0.15, 0.2) is 0 Å². The van der Waals surface area contributed by atoms with E-state index in [0.717, 1.165) is 24.1 Å². The molecule has 1 aromatic heterocycles. The van der Waals surface area contributed by atoms with E-state index in [9.17, 15) is 13.2 Å². The van der Waals surface area contributed by atoms with Gasteiger partial charge in [-0.3, -0.25) is 0 Å². The molecule has 0 spiro atoms. The van der Waals surface area contributed by atoms with Gasteiger partial charge in [0.2, 0.25) is 5.88 Å². The fourth-order valence-electron chi connectivity index (χ4n) is 1.42. The molecule has 1 N–H and O–H groups in total. The number of halogens is 3. The van der Waals surface area contributed by atoms with Gasteiger partial charge in [0.05, 0.1) is 12.2 Å². The summed E-state index contributed by atoms with van der Waals surface area (Å²) >= 11 is 0. The summed E-state index contributed by atoms with van der Waals surface area (Å²) in [5, 5.41) is 2.84. The average molecular weight is 288 g/mol. The monoisotopic (exact) mass is 288 g/mol. The van der Waals surface area contributed by atoms with E-state index in [0.29, 0.717) is 13.0 Å². The molecule has 6 heteroatoms. The van der Waals surface area contributed by atoms with Gasteiger partial charge >= 0.3 is 6.18 Å². The minimum atomic E-state index is -4.42. The minimum Gasteiger partial charge on any atom is -0.477 e. The van der Waals surface area contributed by atoms with Crippen LogP contribution in [-0.2, 0) is 6.18 Å². The van der Waals surface area contributed by atoms with Crippen LogP contribution in [0.4, 0.5) is 19.0 Å². The first-order valence-electron chi connectivity index (χ1n) is 6.43. The van der Waals surface area contributed by atoms with Gasteiger partial charge in [-0.15, -0.1) is 6.58 Å². The van der Waals surface area contributed by atoms with Crippen LogP contribution in [0.1, 0.15) is 32.3 Å². The summed E-state index contributed by atoms with van der Waals surface area (Å²) in [6, 6.07) is 1.90. The molecule has 1 aromatic rings. The fourth-order valence-corrected chi connectivity index (χ4v) is 1.42. The van der Waals surface area contributed by atoms with Crippen LogP contribution in [0, 0.1) is 0 Å². The maximum absolute atomic E-state index is 12.8. The Morgan fingerprint density at radius 1 is 1.40 bits per heavy atom. The van der Waals surface area contributed by atoms with Crippen molar-refractivity contribution in [1.29, 1.82) is 0 Å². The lowest BCUT2D eigenvalue weighted by molar-refractivity contribution is -0.137. The van der Waals surface area contributed by atoms with Crippen molar-refractivity contribution < 1.29 is 17.9 Å². The van der Waals surface area contributed by atoms with Gasteiger partial charge in [0.25, 0.3) is 0 Å². The molecular formula is C14H19F3N2O. The second-order valence-corrected chi connectivity index (χ2v) is 4.56. The van der Waals surface area contributed by atoms with E-state index in [1.807, 2.05) is 13.8 Å². The number of alkyl halides is 3. The Labute approximate surface area is 116 Å². The van der Waals surface area contributed by atoms with Crippen molar-refractivity contribution in [3.8, 4) is 5.88 Å². The van der Waals surface area contributed by atoms with Crippen LogP contribution in [-0.4, -0.2) is 18.1 Å². The number of hydrogen-bond acceptors (Lipinski definition) is 3. The lowest BCUT2D eigenvalue weighted by atomic mass is 10.2. The van der Waals surface area contributed by atoms with Crippen LogP contribution in [0.15, 0.2) is 24.3 Å². The zero-order valence-corrected chi connectivity index (χ0v) is 11.7. The molecule has 0 aromatic carbocycles. The molecule has 0 bridgehead atoms. The number of anilines is 1. The molecule has 0 fully saturated rings. The summed E-state index contributed by atoms with van der Waals surface area (Å²) in [5.41, 5.74) is 0.137. The van der Waals surface area contributed by atoms with Crippen LogP contribution in [0.2, 0.25) is 0 Å². The summed E-state index contributed by atoms with van der Waals surface area (Å²) < 4.78 is 43.6. The number of nitrogens with zero attached hydrogens (tertiary/aromatic N) is 1. The molecule has 112 valence electrons. The van der Waals surface area contributed by atoms with Gasteiger partial charge in [0, 0.05) is 19.0 Å². The van der Waals surface area contributed by atoms with Crippen molar-refractivity contribution in [2.75, 3.05) is 18.5 Å². The Balaban J connectivity index is 2.88. The average Bonchev–Trinajstić information content (AvgIpc) is 2.34. The summed E-state index contributed by atoms with van der Waals surface area (Å²) in [6.07, 6.45) is -3.04. The van der Waals surface area contributed by atoms with Crippen molar-refractivity contribution in [2.24, 2.45) is 0 Å². The summed E-state index contributed by atoms with van der Waals surface area (Å²) in [6.45, 7) is 8.28. The Morgan fingerprint density at radius 2 is 2.10 bits per heavy atom. The Bertz CT molecular complexity index is 458. The normalized spacial score (nSPS) is 11.2. The Hall–Kier alpha value is -1.72. The van der Waals surface area contributed by atoms with Crippen LogP contribution in [0.25, 0.3) is 0 Å². The molecule has 0 saturated heterocycles. The van der Waals surface area contributed by atoms with E-state index < -0.39 is 11.7 Å². The predicted octanol–water partition coefficient (Wildman–Crippen LogP) is 4.27. The van der Waals surface area contributed by atoms with Crippen LogP contribution >= 0.6 is 0 Å². The quantitative estimate of drug-likeness (QED) is 0.761. The lowest BCUT2D eigenvalue weighted by Crippen LogP contribution is -2.10. The van der Waals surface area contributed by atoms with E-state index in [2.05, 4.69) is 16.9 Å². The van der Waals surface area contributed by atoms with Crippen molar-refractivity contribution in [2.45, 2.75) is 32.9 Å². The molecule has 1 heterocycles. The number of hydrogen-bond donors (Lipinski definition) is 1. The molecule has 0 atom stereocenters. The number of nitrogens with one attached hydrogen (secondary N) is 1. The first kappa shape index (κ1) is 16.3. The second-order valence-electron chi connectivity index (χ2n) is 4.56. The zero-order valence-electron chi connectivity index (χ0n) is 11.7. The number of aromatic nitrogens is 1. The molecule has 1 rings (SSSR count). The third-order valence-corrected chi connectivity index (χ3v) is 2.46. The van der Waals surface area contributed by atoms with Gasteiger partial charge in [0.1, 0.15) is 5.82 Å². The maximum atomic E-state index is 12.8. The van der Waals surface area contributed by atoms with Crippen molar-refractivity contribution in [3.05, 3.63) is 29.8 Å². The maximum Gasteiger partial charge on any atom is 0.416 e. The summed E-state index contributed by atoms with van der Waals surface area (Å²) in [7, 11) is 0. The lowest BCUT2D eigenvalue weighted by Gasteiger charge is -2.13.